The van der Waals surface area contributed by atoms with Crippen LogP contribution in [0.5, 0.6) is 0 Å². The van der Waals surface area contributed by atoms with Crippen LogP contribution < -0.4 is 5.32 Å². The lowest BCUT2D eigenvalue weighted by molar-refractivity contribution is 0.194. The lowest BCUT2D eigenvalue weighted by Gasteiger charge is -2.09. The molecule has 16 heavy (non-hydrogen) atoms. The third kappa shape index (κ3) is 3.42. The number of hydrogen-bond donors (Lipinski definition) is 1. The molecule has 1 rings (SSSR count). The molecule has 1 N–H and O–H groups in total. The van der Waals surface area contributed by atoms with Crippen LogP contribution in [0.1, 0.15) is 24.9 Å². The van der Waals surface area contributed by atoms with Crippen LogP contribution in [0, 0.1) is 0 Å². The van der Waals surface area contributed by atoms with Crippen LogP contribution in [0.2, 0.25) is 0 Å². The first-order valence-electron chi connectivity index (χ1n) is 5.44. The number of aromatic nitrogens is 2. The molecule has 0 saturated heterocycles. The summed E-state index contributed by atoms with van der Waals surface area (Å²) < 4.78 is 5.99. The first kappa shape index (κ1) is 13.4. The predicted molar refractivity (Wildman–Crippen MR) is 68.9 cm³/mol. The van der Waals surface area contributed by atoms with Crippen molar-refractivity contribution in [1.29, 1.82) is 0 Å². The van der Waals surface area contributed by atoms with E-state index in [1.54, 1.807) is 7.11 Å². The minimum Gasteiger partial charge on any atom is -0.385 e. The van der Waals surface area contributed by atoms with Gasteiger partial charge in [0.15, 0.2) is 0 Å². The highest BCUT2D eigenvalue weighted by Crippen LogP contribution is 2.23. The fraction of sp³-hybridized carbons (Fsp3) is 0.636. The summed E-state index contributed by atoms with van der Waals surface area (Å²) in [6, 6.07) is 0. The Bertz CT molecular complexity index is 319. The smallest absolute Gasteiger partial charge is 0.144 e. The second kappa shape index (κ2) is 6.81. The van der Waals surface area contributed by atoms with Gasteiger partial charge in [0.1, 0.15) is 11.6 Å². The van der Waals surface area contributed by atoms with Crippen molar-refractivity contribution < 1.29 is 4.74 Å². The average Bonchev–Trinajstić information content (AvgIpc) is 2.31. The molecule has 0 unspecified atom stereocenters. The molecule has 1 aromatic heterocycles. The van der Waals surface area contributed by atoms with E-state index in [1.165, 1.54) is 0 Å². The number of nitrogens with zero attached hydrogens (tertiary/aromatic N) is 2. The van der Waals surface area contributed by atoms with Gasteiger partial charge >= 0.3 is 0 Å². The fourth-order valence-corrected chi connectivity index (χ4v) is 2.09. The fourth-order valence-electron chi connectivity index (χ4n) is 1.43. The maximum atomic E-state index is 5.02. The molecular formula is C11H18BrN3O. The predicted octanol–water partition coefficient (Wildman–Crippen LogP) is 2.42. The van der Waals surface area contributed by atoms with E-state index in [9.17, 15) is 0 Å². The SMILES string of the molecule is CCc1nc(CCCOC)nc(NC)c1Br. The van der Waals surface area contributed by atoms with Crippen molar-refractivity contribution >= 4 is 21.7 Å². The zero-order valence-corrected chi connectivity index (χ0v) is 11.6. The number of rotatable bonds is 6. The first-order valence-corrected chi connectivity index (χ1v) is 6.24. The summed E-state index contributed by atoms with van der Waals surface area (Å²) in [5, 5.41) is 3.07. The molecule has 0 aliphatic carbocycles. The Labute approximate surface area is 105 Å². The lowest BCUT2D eigenvalue weighted by atomic mass is 10.2. The Morgan fingerprint density at radius 2 is 2.12 bits per heavy atom. The zero-order valence-electron chi connectivity index (χ0n) is 10.0. The van der Waals surface area contributed by atoms with Crippen molar-refractivity contribution in [3.05, 3.63) is 16.0 Å². The van der Waals surface area contributed by atoms with Crippen LogP contribution in [0.25, 0.3) is 0 Å². The zero-order chi connectivity index (χ0) is 12.0. The van der Waals surface area contributed by atoms with Crippen molar-refractivity contribution in [3.63, 3.8) is 0 Å². The topological polar surface area (TPSA) is 47.0 Å². The lowest BCUT2D eigenvalue weighted by Crippen LogP contribution is -2.06. The Morgan fingerprint density at radius 1 is 1.38 bits per heavy atom. The molecule has 0 aliphatic heterocycles. The Kier molecular flexibility index (Phi) is 5.69. The monoisotopic (exact) mass is 287 g/mol. The van der Waals surface area contributed by atoms with E-state index >= 15 is 0 Å². The number of hydrogen-bond acceptors (Lipinski definition) is 4. The minimum atomic E-state index is 0.746. The molecule has 0 atom stereocenters. The molecule has 0 amide bonds. The van der Waals surface area contributed by atoms with Crippen LogP contribution >= 0.6 is 15.9 Å². The summed E-state index contributed by atoms with van der Waals surface area (Å²) in [6.07, 6.45) is 2.70. The van der Waals surface area contributed by atoms with Crippen LogP contribution in [0.15, 0.2) is 4.47 Å². The summed E-state index contributed by atoms with van der Waals surface area (Å²) >= 11 is 3.51. The molecule has 0 saturated carbocycles. The van der Waals surface area contributed by atoms with Crippen molar-refractivity contribution in [2.24, 2.45) is 0 Å². The van der Waals surface area contributed by atoms with Gasteiger partial charge in [-0.3, -0.25) is 0 Å². The molecule has 0 spiro atoms. The van der Waals surface area contributed by atoms with Gasteiger partial charge in [-0.2, -0.15) is 0 Å². The maximum absolute atomic E-state index is 5.02. The number of anilines is 1. The number of nitrogens with one attached hydrogen (secondary N) is 1. The van der Waals surface area contributed by atoms with E-state index in [0.717, 1.165) is 47.7 Å². The Hall–Kier alpha value is -0.680. The molecule has 90 valence electrons. The second-order valence-corrected chi connectivity index (χ2v) is 4.24. The highest BCUT2D eigenvalue weighted by molar-refractivity contribution is 9.10. The van der Waals surface area contributed by atoms with Crippen LogP contribution in [0.3, 0.4) is 0 Å². The third-order valence-corrected chi connectivity index (χ3v) is 3.12. The molecule has 0 fully saturated rings. The van der Waals surface area contributed by atoms with Gasteiger partial charge in [-0.15, -0.1) is 0 Å². The molecule has 5 heteroatoms. The number of ether oxygens (including phenoxy) is 1. The largest absolute Gasteiger partial charge is 0.385 e. The van der Waals surface area contributed by atoms with Gasteiger partial charge in [0.25, 0.3) is 0 Å². The van der Waals surface area contributed by atoms with E-state index in [0.29, 0.717) is 0 Å². The third-order valence-electron chi connectivity index (χ3n) is 2.29. The van der Waals surface area contributed by atoms with Crippen LogP contribution in [-0.4, -0.2) is 30.7 Å². The van der Waals surface area contributed by atoms with Crippen molar-refractivity contribution in [1.82, 2.24) is 9.97 Å². The quantitative estimate of drug-likeness (QED) is 0.817. The molecule has 0 bridgehead atoms. The van der Waals surface area contributed by atoms with Crippen LogP contribution in [0.4, 0.5) is 5.82 Å². The van der Waals surface area contributed by atoms with E-state index < -0.39 is 0 Å². The van der Waals surface area contributed by atoms with Crippen molar-refractivity contribution in [2.45, 2.75) is 26.2 Å². The highest BCUT2D eigenvalue weighted by Gasteiger charge is 2.09. The van der Waals surface area contributed by atoms with Gasteiger partial charge in [0.2, 0.25) is 0 Å². The van der Waals surface area contributed by atoms with Gasteiger partial charge < -0.3 is 10.1 Å². The number of halogens is 1. The van der Waals surface area contributed by atoms with E-state index in [4.69, 9.17) is 4.74 Å². The molecule has 0 radical (unpaired) electrons. The molecule has 0 aromatic carbocycles. The summed E-state index contributed by atoms with van der Waals surface area (Å²) in [5.74, 6) is 1.74. The Balaban J connectivity index is 2.84. The normalized spacial score (nSPS) is 10.5. The molecular weight excluding hydrogens is 270 g/mol. The van der Waals surface area contributed by atoms with Gasteiger partial charge in [-0.1, -0.05) is 6.92 Å². The van der Waals surface area contributed by atoms with E-state index in [2.05, 4.69) is 38.1 Å². The first-order chi connectivity index (χ1) is 7.72. The molecule has 1 heterocycles. The van der Waals surface area contributed by atoms with Crippen molar-refractivity contribution in [3.8, 4) is 0 Å². The summed E-state index contributed by atoms with van der Waals surface area (Å²) in [7, 11) is 3.57. The van der Waals surface area contributed by atoms with E-state index in [1.807, 2.05) is 7.05 Å². The van der Waals surface area contributed by atoms with Crippen LogP contribution in [-0.2, 0) is 17.6 Å². The van der Waals surface area contributed by atoms with Gasteiger partial charge in [-0.05, 0) is 28.8 Å². The number of methoxy groups -OCH3 is 1. The number of aryl methyl sites for hydroxylation is 2. The van der Waals surface area contributed by atoms with E-state index in [-0.39, 0.29) is 0 Å². The Morgan fingerprint density at radius 3 is 2.69 bits per heavy atom. The summed E-state index contributed by atoms with van der Waals surface area (Å²) in [6.45, 7) is 2.83. The summed E-state index contributed by atoms with van der Waals surface area (Å²) in [4.78, 5) is 8.96. The second-order valence-electron chi connectivity index (χ2n) is 3.45. The molecule has 0 aliphatic rings. The maximum Gasteiger partial charge on any atom is 0.144 e. The molecule has 1 aromatic rings. The highest BCUT2D eigenvalue weighted by atomic mass is 79.9. The molecule has 4 nitrogen and oxygen atoms in total. The standard InChI is InChI=1S/C11H18BrN3O/c1-4-8-10(12)11(13-2)15-9(14-8)6-5-7-16-3/h4-7H2,1-3H3,(H,13,14,15). The van der Waals surface area contributed by atoms with Gasteiger partial charge in [-0.25, -0.2) is 9.97 Å². The van der Waals surface area contributed by atoms with Crippen molar-refractivity contribution in [2.75, 3.05) is 26.1 Å². The van der Waals surface area contributed by atoms with Gasteiger partial charge in [0, 0.05) is 27.2 Å². The average molecular weight is 288 g/mol. The summed E-state index contributed by atoms with van der Waals surface area (Å²) in [5.41, 5.74) is 1.05. The minimum absolute atomic E-state index is 0.746. The van der Waals surface area contributed by atoms with Gasteiger partial charge in [0.05, 0.1) is 10.2 Å².